The minimum Gasteiger partial charge on any atom is -0.466 e. The van der Waals surface area contributed by atoms with E-state index < -0.39 is 0 Å². The molecule has 0 aliphatic heterocycles. The first kappa shape index (κ1) is 14.0. The van der Waals surface area contributed by atoms with Crippen LogP contribution in [0, 0.1) is 0 Å². The topological polar surface area (TPSA) is 29.5 Å². The van der Waals surface area contributed by atoms with Crippen molar-refractivity contribution in [2.45, 2.75) is 46.1 Å². The van der Waals surface area contributed by atoms with E-state index in [2.05, 4.69) is 30.4 Å². The van der Waals surface area contributed by atoms with E-state index in [0.29, 0.717) is 6.04 Å². The fourth-order valence-electron chi connectivity index (χ4n) is 1.24. The van der Waals surface area contributed by atoms with Crippen LogP contribution in [-0.2, 0) is 9.53 Å². The molecule has 15 heavy (non-hydrogen) atoms. The second-order valence-corrected chi connectivity index (χ2v) is 3.69. The fourth-order valence-corrected chi connectivity index (χ4v) is 1.24. The van der Waals surface area contributed by atoms with E-state index in [1.807, 2.05) is 6.20 Å². The van der Waals surface area contributed by atoms with Crippen molar-refractivity contribution in [2.75, 3.05) is 13.7 Å². The van der Waals surface area contributed by atoms with Gasteiger partial charge in [0.1, 0.15) is 0 Å². The first-order valence-electron chi connectivity index (χ1n) is 5.67. The molecule has 3 heteroatoms. The maximum absolute atomic E-state index is 11.0. The van der Waals surface area contributed by atoms with Crippen LogP contribution in [-0.4, -0.2) is 30.6 Å². The molecule has 0 radical (unpaired) electrons. The summed E-state index contributed by atoms with van der Waals surface area (Å²) in [5.74, 6) is -0.292. The Hall–Kier alpha value is -0.990. The van der Waals surface area contributed by atoms with E-state index in [4.69, 9.17) is 0 Å². The Bertz CT molecular complexity index is 202. The van der Waals surface area contributed by atoms with Gasteiger partial charge in [0.2, 0.25) is 0 Å². The lowest BCUT2D eigenvalue weighted by Gasteiger charge is -2.26. The van der Waals surface area contributed by atoms with E-state index in [-0.39, 0.29) is 5.97 Å². The maximum Gasteiger partial charge on any atom is 0.331 e. The summed E-state index contributed by atoms with van der Waals surface area (Å²) < 4.78 is 4.57. The van der Waals surface area contributed by atoms with Gasteiger partial charge in [0.15, 0.2) is 0 Å². The first-order valence-corrected chi connectivity index (χ1v) is 5.67. The normalized spacial score (nSPS) is 12.8. The monoisotopic (exact) mass is 213 g/mol. The summed E-state index contributed by atoms with van der Waals surface area (Å²) in [5, 5.41) is 0. The molecule has 0 bridgehead atoms. The number of nitrogens with zero attached hydrogens (tertiary/aromatic N) is 1. The van der Waals surface area contributed by atoms with Gasteiger partial charge in [0.25, 0.3) is 0 Å². The van der Waals surface area contributed by atoms with Crippen LogP contribution in [0.5, 0.6) is 0 Å². The molecule has 0 aliphatic rings. The number of methoxy groups -OCH3 is 1. The van der Waals surface area contributed by atoms with Crippen LogP contribution in [0.2, 0.25) is 0 Å². The van der Waals surface area contributed by atoms with Crippen molar-refractivity contribution in [3.05, 3.63) is 12.3 Å². The maximum atomic E-state index is 11.0. The quantitative estimate of drug-likeness (QED) is 0.481. The molecule has 1 atom stereocenters. The molecule has 0 amide bonds. The van der Waals surface area contributed by atoms with Crippen molar-refractivity contribution in [2.24, 2.45) is 0 Å². The van der Waals surface area contributed by atoms with Crippen molar-refractivity contribution in [1.82, 2.24) is 4.90 Å². The predicted octanol–water partition coefficient (Wildman–Crippen LogP) is 2.57. The van der Waals surface area contributed by atoms with Crippen LogP contribution in [0.4, 0.5) is 0 Å². The zero-order valence-corrected chi connectivity index (χ0v) is 10.3. The molecular formula is C12H23NO2. The third kappa shape index (κ3) is 6.15. The summed E-state index contributed by atoms with van der Waals surface area (Å²) in [6.07, 6.45) is 6.72. The van der Waals surface area contributed by atoms with E-state index in [9.17, 15) is 4.79 Å². The molecule has 88 valence electrons. The van der Waals surface area contributed by atoms with Crippen molar-refractivity contribution in [1.29, 1.82) is 0 Å². The Labute approximate surface area is 93.1 Å². The lowest BCUT2D eigenvalue weighted by molar-refractivity contribution is -0.134. The molecule has 0 aromatic carbocycles. The fraction of sp³-hybridized carbons (Fsp3) is 0.750. The molecule has 0 saturated heterocycles. The molecular weight excluding hydrogens is 190 g/mol. The van der Waals surface area contributed by atoms with Gasteiger partial charge in [-0.2, -0.15) is 0 Å². The van der Waals surface area contributed by atoms with Crippen LogP contribution < -0.4 is 0 Å². The van der Waals surface area contributed by atoms with Gasteiger partial charge in [-0.1, -0.05) is 20.3 Å². The van der Waals surface area contributed by atoms with Crippen LogP contribution >= 0.6 is 0 Å². The minimum atomic E-state index is -0.292. The Morgan fingerprint density at radius 1 is 1.47 bits per heavy atom. The number of esters is 1. The van der Waals surface area contributed by atoms with Gasteiger partial charge in [-0.15, -0.1) is 0 Å². The summed E-state index contributed by atoms with van der Waals surface area (Å²) >= 11 is 0. The number of hydrogen-bond acceptors (Lipinski definition) is 3. The van der Waals surface area contributed by atoms with Gasteiger partial charge in [0, 0.05) is 24.9 Å². The highest BCUT2D eigenvalue weighted by molar-refractivity contribution is 5.81. The summed E-state index contributed by atoms with van der Waals surface area (Å²) in [7, 11) is 1.40. The lowest BCUT2D eigenvalue weighted by atomic mass is 10.2. The van der Waals surface area contributed by atoms with Crippen molar-refractivity contribution in [3.8, 4) is 0 Å². The smallest absolute Gasteiger partial charge is 0.331 e. The Kier molecular flexibility index (Phi) is 7.78. The Balaban J connectivity index is 4.22. The molecule has 0 saturated carbocycles. The van der Waals surface area contributed by atoms with Gasteiger partial charge >= 0.3 is 5.97 Å². The largest absolute Gasteiger partial charge is 0.466 e. The summed E-state index contributed by atoms with van der Waals surface area (Å²) in [5.41, 5.74) is 0. The predicted molar refractivity (Wildman–Crippen MR) is 62.5 cm³/mol. The molecule has 0 rings (SSSR count). The summed E-state index contributed by atoms with van der Waals surface area (Å²) in [6.45, 7) is 7.48. The average molecular weight is 213 g/mol. The van der Waals surface area contributed by atoms with E-state index in [1.54, 1.807) is 0 Å². The number of ether oxygens (including phenoxy) is 1. The molecule has 0 aromatic heterocycles. The van der Waals surface area contributed by atoms with Gasteiger partial charge in [0.05, 0.1) is 7.11 Å². The Morgan fingerprint density at radius 2 is 2.13 bits per heavy atom. The number of carbonyl (C=O) groups is 1. The van der Waals surface area contributed by atoms with E-state index in [1.165, 1.54) is 19.6 Å². The first-order chi connectivity index (χ1) is 7.15. The van der Waals surface area contributed by atoms with E-state index >= 15 is 0 Å². The Morgan fingerprint density at radius 3 is 2.60 bits per heavy atom. The third-order valence-electron chi connectivity index (χ3n) is 2.53. The molecule has 3 nitrogen and oxygen atoms in total. The van der Waals surface area contributed by atoms with Crippen molar-refractivity contribution >= 4 is 5.97 Å². The van der Waals surface area contributed by atoms with Crippen molar-refractivity contribution < 1.29 is 9.53 Å². The molecule has 0 fully saturated rings. The van der Waals surface area contributed by atoms with Crippen molar-refractivity contribution in [3.63, 3.8) is 0 Å². The minimum absolute atomic E-state index is 0.292. The van der Waals surface area contributed by atoms with Crippen LogP contribution in [0.3, 0.4) is 0 Å². The van der Waals surface area contributed by atoms with Gasteiger partial charge in [-0.05, 0) is 19.8 Å². The zero-order valence-electron chi connectivity index (χ0n) is 10.3. The van der Waals surface area contributed by atoms with E-state index in [0.717, 1.165) is 19.4 Å². The van der Waals surface area contributed by atoms with Crippen LogP contribution in [0.1, 0.15) is 40.0 Å². The number of rotatable bonds is 7. The molecule has 0 aliphatic carbocycles. The molecule has 0 aromatic rings. The van der Waals surface area contributed by atoms with Gasteiger partial charge < -0.3 is 9.64 Å². The molecule has 0 spiro atoms. The van der Waals surface area contributed by atoms with Crippen LogP contribution in [0.15, 0.2) is 12.3 Å². The highest BCUT2D eigenvalue weighted by Crippen LogP contribution is 2.06. The second kappa shape index (κ2) is 8.33. The molecule has 0 N–H and O–H groups in total. The highest BCUT2D eigenvalue weighted by atomic mass is 16.5. The second-order valence-electron chi connectivity index (χ2n) is 3.69. The number of hydrogen-bond donors (Lipinski definition) is 0. The molecule has 0 heterocycles. The van der Waals surface area contributed by atoms with Crippen LogP contribution in [0.25, 0.3) is 0 Å². The standard InChI is InChI=1S/C12H23NO2/c1-5-7-9-13(11(3)6-2)10-8-12(14)15-4/h8,10-11H,5-7,9H2,1-4H3. The summed E-state index contributed by atoms with van der Waals surface area (Å²) in [4.78, 5) is 13.2. The summed E-state index contributed by atoms with van der Waals surface area (Å²) in [6, 6.07) is 0.470. The lowest BCUT2D eigenvalue weighted by Crippen LogP contribution is -2.28. The van der Waals surface area contributed by atoms with Gasteiger partial charge in [-0.3, -0.25) is 0 Å². The van der Waals surface area contributed by atoms with Gasteiger partial charge in [-0.25, -0.2) is 4.79 Å². The zero-order chi connectivity index (χ0) is 11.7. The average Bonchev–Trinajstić information content (AvgIpc) is 2.27. The highest BCUT2D eigenvalue weighted by Gasteiger charge is 2.07. The number of unbranched alkanes of at least 4 members (excludes halogenated alkanes) is 1. The third-order valence-corrected chi connectivity index (χ3v) is 2.53. The molecule has 1 unspecified atom stereocenters. The SMILES string of the molecule is CCCCN(C=CC(=O)OC)C(C)CC. The number of carbonyl (C=O) groups excluding carboxylic acids is 1.